The number of carbonyl (C=O) groups excluding carboxylic acids is 2. The molecule has 0 spiro atoms. The van der Waals surface area contributed by atoms with Crippen LogP contribution in [0.25, 0.3) is 0 Å². The Morgan fingerprint density at radius 1 is 1.15 bits per heavy atom. The summed E-state index contributed by atoms with van der Waals surface area (Å²) in [6, 6.07) is 9.54. The molecule has 0 radical (unpaired) electrons. The number of amides is 2. The number of carbonyl (C=O) groups is 2. The van der Waals surface area contributed by atoms with Crippen LogP contribution in [0.5, 0.6) is 0 Å². The first-order valence-corrected chi connectivity index (χ1v) is 8.16. The molecule has 1 aliphatic rings. The van der Waals surface area contributed by atoms with E-state index in [2.05, 4.69) is 22.3 Å². The maximum Gasteiger partial charge on any atom is 0.242 e. The normalized spacial score (nSPS) is 15.4. The highest BCUT2D eigenvalue weighted by atomic mass is 35.5. The van der Waals surface area contributed by atoms with Crippen molar-refractivity contribution in [2.75, 3.05) is 46.4 Å². The van der Waals surface area contributed by atoms with Crippen molar-refractivity contribution >= 4 is 36.6 Å². The Bertz CT molecular complexity index is 540. The number of methoxy groups -OCH3 is 1. The first-order valence-electron chi connectivity index (χ1n) is 8.16. The monoisotopic (exact) mass is 406 g/mol. The molecule has 3 N–H and O–H groups in total. The number of halogens is 2. The van der Waals surface area contributed by atoms with Gasteiger partial charge in [0.15, 0.2) is 0 Å². The van der Waals surface area contributed by atoms with Crippen LogP contribution in [0.3, 0.4) is 0 Å². The number of rotatable bonds is 7. The molecule has 0 aliphatic carbocycles. The zero-order valence-corrected chi connectivity index (χ0v) is 16.6. The second-order valence-corrected chi connectivity index (χ2v) is 5.92. The van der Waals surface area contributed by atoms with E-state index < -0.39 is 6.04 Å². The summed E-state index contributed by atoms with van der Waals surface area (Å²) in [5, 5.41) is 2.57. The number of piperazine rings is 1. The minimum atomic E-state index is -0.745. The number of nitrogens with zero attached hydrogens (tertiary/aromatic N) is 2. The number of benzene rings is 1. The zero-order chi connectivity index (χ0) is 17.4. The third-order valence-electron chi connectivity index (χ3n) is 4.07. The van der Waals surface area contributed by atoms with E-state index in [-0.39, 0.29) is 49.8 Å². The zero-order valence-electron chi connectivity index (χ0n) is 14.9. The van der Waals surface area contributed by atoms with Crippen molar-refractivity contribution < 1.29 is 14.3 Å². The summed E-state index contributed by atoms with van der Waals surface area (Å²) in [6.07, 6.45) is 0. The van der Waals surface area contributed by atoms with Gasteiger partial charge >= 0.3 is 0 Å². The minimum absolute atomic E-state index is 0. The van der Waals surface area contributed by atoms with Crippen molar-refractivity contribution in [3.8, 4) is 0 Å². The van der Waals surface area contributed by atoms with Crippen LogP contribution in [0.1, 0.15) is 5.56 Å². The van der Waals surface area contributed by atoms with Crippen molar-refractivity contribution in [1.82, 2.24) is 15.1 Å². The molecule has 1 heterocycles. The fourth-order valence-electron chi connectivity index (χ4n) is 2.66. The summed E-state index contributed by atoms with van der Waals surface area (Å²) in [4.78, 5) is 28.0. The molecule has 0 saturated carbocycles. The lowest BCUT2D eigenvalue weighted by molar-refractivity contribution is -0.134. The van der Waals surface area contributed by atoms with E-state index in [0.717, 1.165) is 19.6 Å². The topological polar surface area (TPSA) is 87.9 Å². The maximum atomic E-state index is 12.2. The van der Waals surface area contributed by atoms with Crippen LogP contribution < -0.4 is 11.1 Å². The van der Waals surface area contributed by atoms with Crippen LogP contribution >= 0.6 is 24.8 Å². The van der Waals surface area contributed by atoms with Crippen LogP contribution in [0.15, 0.2) is 30.3 Å². The van der Waals surface area contributed by atoms with Gasteiger partial charge < -0.3 is 20.7 Å². The quantitative estimate of drug-likeness (QED) is 0.678. The Kier molecular flexibility index (Phi) is 12.2. The van der Waals surface area contributed by atoms with E-state index in [1.165, 1.54) is 12.7 Å². The van der Waals surface area contributed by atoms with Gasteiger partial charge in [0, 0.05) is 39.8 Å². The molecule has 0 aromatic heterocycles. The summed E-state index contributed by atoms with van der Waals surface area (Å²) in [5.41, 5.74) is 6.89. The largest absolute Gasteiger partial charge is 0.383 e. The molecule has 1 aliphatic heterocycles. The predicted molar refractivity (Wildman–Crippen MR) is 106 cm³/mol. The molecule has 1 saturated heterocycles. The molecule has 2 rings (SSSR count). The fraction of sp³-hybridized carbons (Fsp3) is 0.529. The lowest BCUT2D eigenvalue weighted by atomic mass is 10.2. The van der Waals surface area contributed by atoms with Crippen molar-refractivity contribution in [2.45, 2.75) is 12.6 Å². The summed E-state index contributed by atoms with van der Waals surface area (Å²) in [7, 11) is 1.48. The summed E-state index contributed by atoms with van der Waals surface area (Å²) in [6.45, 7) is 4.02. The highest BCUT2D eigenvalue weighted by molar-refractivity contribution is 5.87. The Morgan fingerprint density at radius 3 is 2.35 bits per heavy atom. The Morgan fingerprint density at radius 2 is 1.77 bits per heavy atom. The van der Waals surface area contributed by atoms with Crippen molar-refractivity contribution in [1.29, 1.82) is 0 Å². The second-order valence-electron chi connectivity index (χ2n) is 5.92. The van der Waals surface area contributed by atoms with E-state index in [9.17, 15) is 9.59 Å². The second kappa shape index (κ2) is 12.9. The van der Waals surface area contributed by atoms with Gasteiger partial charge in [-0.2, -0.15) is 0 Å². The van der Waals surface area contributed by atoms with Crippen molar-refractivity contribution in [3.05, 3.63) is 35.9 Å². The molecular formula is C17H28Cl2N4O3. The molecule has 1 aromatic rings. The Balaban J connectivity index is 0.00000312. The molecule has 1 aromatic carbocycles. The van der Waals surface area contributed by atoms with Gasteiger partial charge in [0.25, 0.3) is 0 Å². The SMILES string of the molecule is COCC(N)C(=O)NCC(=O)N1CCN(Cc2ccccc2)CC1.Cl.Cl. The van der Waals surface area contributed by atoms with E-state index in [4.69, 9.17) is 10.5 Å². The van der Waals surface area contributed by atoms with E-state index in [0.29, 0.717) is 13.1 Å². The molecule has 0 bridgehead atoms. The van der Waals surface area contributed by atoms with Gasteiger partial charge in [0.05, 0.1) is 13.2 Å². The third-order valence-corrected chi connectivity index (χ3v) is 4.07. The fourth-order valence-corrected chi connectivity index (χ4v) is 2.66. The molecule has 1 unspecified atom stereocenters. The number of nitrogens with two attached hydrogens (primary N) is 1. The number of ether oxygens (including phenoxy) is 1. The molecule has 26 heavy (non-hydrogen) atoms. The number of hydrogen-bond donors (Lipinski definition) is 2. The van der Waals surface area contributed by atoms with E-state index in [1.54, 1.807) is 4.90 Å². The summed E-state index contributed by atoms with van der Waals surface area (Å²) >= 11 is 0. The van der Waals surface area contributed by atoms with Gasteiger partial charge in [-0.05, 0) is 5.56 Å². The van der Waals surface area contributed by atoms with Gasteiger partial charge in [-0.3, -0.25) is 14.5 Å². The van der Waals surface area contributed by atoms with E-state index in [1.807, 2.05) is 18.2 Å². The molecular weight excluding hydrogens is 379 g/mol. The standard InChI is InChI=1S/C17H26N4O3.2ClH/c1-24-13-15(18)17(23)19-11-16(22)21-9-7-20(8-10-21)12-14-5-3-2-4-6-14;;/h2-6,15H,7-13,18H2,1H3,(H,19,23);2*1H. The summed E-state index contributed by atoms with van der Waals surface area (Å²) in [5.74, 6) is -0.444. The average Bonchev–Trinajstić information content (AvgIpc) is 2.61. The predicted octanol–water partition coefficient (Wildman–Crippen LogP) is 0.264. The van der Waals surface area contributed by atoms with Crippen LogP contribution in [0.4, 0.5) is 0 Å². The van der Waals surface area contributed by atoms with Crippen molar-refractivity contribution in [3.63, 3.8) is 0 Å². The summed E-state index contributed by atoms with van der Waals surface area (Å²) < 4.78 is 4.82. The highest BCUT2D eigenvalue weighted by Crippen LogP contribution is 2.08. The van der Waals surface area contributed by atoms with E-state index >= 15 is 0 Å². The maximum absolute atomic E-state index is 12.2. The minimum Gasteiger partial charge on any atom is -0.383 e. The highest BCUT2D eigenvalue weighted by Gasteiger charge is 2.22. The first-order chi connectivity index (χ1) is 11.6. The lowest BCUT2D eigenvalue weighted by Crippen LogP contribution is -2.52. The molecule has 7 nitrogen and oxygen atoms in total. The Labute approximate surface area is 167 Å². The van der Waals surface area contributed by atoms with Crippen LogP contribution in [0.2, 0.25) is 0 Å². The van der Waals surface area contributed by atoms with Gasteiger partial charge in [-0.25, -0.2) is 0 Å². The lowest BCUT2D eigenvalue weighted by Gasteiger charge is -2.34. The van der Waals surface area contributed by atoms with Crippen LogP contribution in [-0.2, 0) is 20.9 Å². The van der Waals surface area contributed by atoms with Crippen LogP contribution in [0, 0.1) is 0 Å². The molecule has 1 fully saturated rings. The van der Waals surface area contributed by atoms with Crippen molar-refractivity contribution in [2.24, 2.45) is 5.73 Å². The van der Waals surface area contributed by atoms with Gasteiger partial charge in [-0.1, -0.05) is 30.3 Å². The smallest absolute Gasteiger partial charge is 0.242 e. The number of nitrogens with one attached hydrogen (secondary N) is 1. The molecule has 9 heteroatoms. The molecule has 1 atom stereocenters. The van der Waals surface area contributed by atoms with Gasteiger partial charge in [0.1, 0.15) is 6.04 Å². The van der Waals surface area contributed by atoms with Gasteiger partial charge in [0.2, 0.25) is 11.8 Å². The Hall–Kier alpha value is -1.38. The molecule has 2 amide bonds. The molecule has 148 valence electrons. The van der Waals surface area contributed by atoms with Gasteiger partial charge in [-0.15, -0.1) is 24.8 Å². The third kappa shape index (κ3) is 7.88. The number of hydrogen-bond acceptors (Lipinski definition) is 5. The first kappa shape index (κ1) is 24.6. The van der Waals surface area contributed by atoms with Crippen LogP contribution in [-0.4, -0.2) is 74.1 Å². The average molecular weight is 407 g/mol.